The normalized spacial score (nSPS) is 28.7. The van der Waals surface area contributed by atoms with E-state index in [1.54, 1.807) is 0 Å². The number of carbonyl (C=O) groups excluding carboxylic acids is 2. The number of piperidine rings is 1. The molecule has 172 valence electrons. The fourth-order valence-electron chi connectivity index (χ4n) is 5.33. The highest BCUT2D eigenvalue weighted by atomic mass is 16.7. The smallest absolute Gasteiger partial charge is 0.324 e. The van der Waals surface area contributed by atoms with Gasteiger partial charge in [-0.3, -0.25) is 9.69 Å². The van der Waals surface area contributed by atoms with Gasteiger partial charge in [0.15, 0.2) is 5.79 Å². The fraction of sp³-hybridized carbons (Fsp3) is 0.909. The Hall–Kier alpha value is -1.22. The molecule has 0 bridgehead atoms. The maximum absolute atomic E-state index is 13.5. The van der Waals surface area contributed by atoms with Crippen molar-refractivity contribution in [3.05, 3.63) is 0 Å². The predicted octanol–water partition coefficient (Wildman–Crippen LogP) is 1.75. The van der Waals surface area contributed by atoms with Gasteiger partial charge in [-0.25, -0.2) is 4.79 Å². The van der Waals surface area contributed by atoms with Gasteiger partial charge in [-0.05, 0) is 66.7 Å². The lowest BCUT2D eigenvalue weighted by Crippen LogP contribution is -2.57. The van der Waals surface area contributed by atoms with Crippen LogP contribution in [0.3, 0.4) is 0 Å². The Bertz CT molecular complexity index is 606. The number of hydrogen-bond donors (Lipinski definition) is 1. The standard InChI is InChI=1S/C22H40N4O4/c1-16(2)23-21(28)26(10-6-9-24(3)4)20(27)18-13-17-14-22(29-11-12-30-22)8-7-19(17)25(5)15-18/h16-19H,6-15H2,1-5H3,(H,23,28)/t17-,18-,19-/m1/s1. The van der Waals surface area contributed by atoms with Crippen LogP contribution in [0.15, 0.2) is 0 Å². The molecule has 1 N–H and O–H groups in total. The van der Waals surface area contributed by atoms with Crippen molar-refractivity contribution < 1.29 is 19.1 Å². The maximum Gasteiger partial charge on any atom is 0.324 e. The minimum atomic E-state index is -0.451. The lowest BCUT2D eigenvalue weighted by molar-refractivity contribution is -0.202. The second-order valence-corrected chi connectivity index (χ2v) is 9.80. The molecule has 0 aromatic heterocycles. The third-order valence-electron chi connectivity index (χ3n) is 6.67. The summed E-state index contributed by atoms with van der Waals surface area (Å²) in [7, 11) is 6.11. The molecule has 1 spiro atoms. The number of ether oxygens (including phenoxy) is 2. The Labute approximate surface area is 181 Å². The lowest BCUT2D eigenvalue weighted by atomic mass is 9.72. The number of fused-ring (bicyclic) bond motifs is 1. The van der Waals surface area contributed by atoms with Crippen molar-refractivity contribution in [2.24, 2.45) is 11.8 Å². The SMILES string of the molecule is CC(C)NC(=O)N(CCCN(C)C)C(=O)[C@@H]1C[C@@H]2CC3(CC[C@H]2N(C)C1)OCCO3. The molecule has 2 aliphatic heterocycles. The Morgan fingerprint density at radius 3 is 2.53 bits per heavy atom. The second kappa shape index (κ2) is 9.94. The first-order valence-electron chi connectivity index (χ1n) is 11.5. The molecule has 0 radical (unpaired) electrons. The zero-order valence-electron chi connectivity index (χ0n) is 19.4. The monoisotopic (exact) mass is 424 g/mol. The first kappa shape index (κ1) is 23.4. The molecule has 3 amide bonds. The summed E-state index contributed by atoms with van der Waals surface area (Å²) in [6.07, 6.45) is 4.35. The van der Waals surface area contributed by atoms with Crippen molar-refractivity contribution in [1.82, 2.24) is 20.0 Å². The number of amides is 3. The summed E-state index contributed by atoms with van der Waals surface area (Å²) in [5.74, 6) is -0.329. The Morgan fingerprint density at radius 2 is 1.90 bits per heavy atom. The van der Waals surface area contributed by atoms with E-state index in [4.69, 9.17) is 9.47 Å². The molecule has 3 rings (SSSR count). The number of nitrogens with one attached hydrogen (secondary N) is 1. The molecule has 1 saturated carbocycles. The molecule has 2 heterocycles. The quantitative estimate of drug-likeness (QED) is 0.700. The molecule has 8 heteroatoms. The van der Waals surface area contributed by atoms with E-state index >= 15 is 0 Å². The predicted molar refractivity (Wildman–Crippen MR) is 115 cm³/mol. The van der Waals surface area contributed by atoms with E-state index in [-0.39, 0.29) is 23.9 Å². The highest BCUT2D eigenvalue weighted by Crippen LogP contribution is 2.45. The van der Waals surface area contributed by atoms with Crippen molar-refractivity contribution in [1.29, 1.82) is 0 Å². The van der Waals surface area contributed by atoms with E-state index in [9.17, 15) is 9.59 Å². The number of imide groups is 1. The molecular weight excluding hydrogens is 384 g/mol. The average Bonchev–Trinajstić information content (AvgIpc) is 3.11. The summed E-state index contributed by atoms with van der Waals surface area (Å²) < 4.78 is 11.9. The minimum Gasteiger partial charge on any atom is -0.348 e. The summed E-state index contributed by atoms with van der Waals surface area (Å²) in [6.45, 7) is 7.14. The van der Waals surface area contributed by atoms with E-state index in [1.807, 2.05) is 27.9 Å². The fourth-order valence-corrected chi connectivity index (χ4v) is 5.33. The van der Waals surface area contributed by atoms with Crippen LogP contribution in [-0.2, 0) is 14.3 Å². The second-order valence-electron chi connectivity index (χ2n) is 9.80. The van der Waals surface area contributed by atoms with E-state index < -0.39 is 5.79 Å². The molecule has 8 nitrogen and oxygen atoms in total. The van der Waals surface area contributed by atoms with Gasteiger partial charge >= 0.3 is 6.03 Å². The van der Waals surface area contributed by atoms with Crippen LogP contribution in [0.4, 0.5) is 4.79 Å². The molecule has 0 unspecified atom stereocenters. The summed E-state index contributed by atoms with van der Waals surface area (Å²) >= 11 is 0. The zero-order valence-corrected chi connectivity index (χ0v) is 19.4. The third-order valence-corrected chi connectivity index (χ3v) is 6.67. The van der Waals surface area contributed by atoms with Gasteiger partial charge in [-0.15, -0.1) is 0 Å². The Morgan fingerprint density at radius 1 is 1.20 bits per heavy atom. The summed E-state index contributed by atoms with van der Waals surface area (Å²) in [6, 6.07) is 0.176. The first-order chi connectivity index (χ1) is 14.2. The van der Waals surface area contributed by atoms with Crippen molar-refractivity contribution in [2.45, 2.75) is 63.8 Å². The maximum atomic E-state index is 13.5. The van der Waals surface area contributed by atoms with E-state index in [2.05, 4.69) is 22.2 Å². The third kappa shape index (κ3) is 5.52. The van der Waals surface area contributed by atoms with E-state index in [1.165, 1.54) is 4.90 Å². The highest BCUT2D eigenvalue weighted by Gasteiger charge is 2.49. The molecule has 3 aliphatic rings. The highest BCUT2D eigenvalue weighted by molar-refractivity contribution is 5.95. The van der Waals surface area contributed by atoms with Crippen molar-refractivity contribution in [3.8, 4) is 0 Å². The van der Waals surface area contributed by atoms with Gasteiger partial charge in [-0.2, -0.15) is 0 Å². The van der Waals surface area contributed by atoms with Crippen LogP contribution in [-0.4, -0.2) is 98.5 Å². The van der Waals surface area contributed by atoms with Gasteiger partial charge in [0.25, 0.3) is 0 Å². The summed E-state index contributed by atoms with van der Waals surface area (Å²) in [4.78, 5) is 32.1. The molecule has 2 saturated heterocycles. The van der Waals surface area contributed by atoms with Gasteiger partial charge in [0.05, 0.1) is 19.1 Å². The summed E-state index contributed by atoms with van der Waals surface area (Å²) in [5, 5.41) is 2.91. The topological polar surface area (TPSA) is 74.4 Å². The molecular formula is C22H40N4O4. The number of carbonyl (C=O) groups is 2. The Balaban J connectivity index is 1.69. The minimum absolute atomic E-state index is 0.00470. The van der Waals surface area contributed by atoms with Crippen LogP contribution in [0.1, 0.15) is 46.0 Å². The molecule has 0 aromatic carbocycles. The van der Waals surface area contributed by atoms with Crippen molar-refractivity contribution in [3.63, 3.8) is 0 Å². The average molecular weight is 425 g/mol. The van der Waals surface area contributed by atoms with Gasteiger partial charge in [0, 0.05) is 38.0 Å². The molecule has 30 heavy (non-hydrogen) atoms. The van der Waals surface area contributed by atoms with E-state index in [0.717, 1.165) is 38.6 Å². The molecule has 0 aromatic rings. The van der Waals surface area contributed by atoms with Crippen LogP contribution in [0.2, 0.25) is 0 Å². The van der Waals surface area contributed by atoms with Crippen LogP contribution in [0, 0.1) is 11.8 Å². The summed E-state index contributed by atoms with van der Waals surface area (Å²) in [5.41, 5.74) is 0. The van der Waals surface area contributed by atoms with Crippen LogP contribution >= 0.6 is 0 Å². The first-order valence-corrected chi connectivity index (χ1v) is 11.5. The zero-order chi connectivity index (χ0) is 21.9. The largest absolute Gasteiger partial charge is 0.348 e. The van der Waals surface area contributed by atoms with Gasteiger partial charge in [0.2, 0.25) is 5.91 Å². The Kier molecular flexibility index (Phi) is 7.76. The number of likely N-dealkylation sites (tertiary alicyclic amines) is 1. The number of hydrogen-bond acceptors (Lipinski definition) is 6. The molecule has 3 fully saturated rings. The van der Waals surface area contributed by atoms with Crippen LogP contribution in [0.5, 0.6) is 0 Å². The van der Waals surface area contributed by atoms with Crippen LogP contribution < -0.4 is 5.32 Å². The van der Waals surface area contributed by atoms with Crippen molar-refractivity contribution in [2.75, 3.05) is 54.0 Å². The number of urea groups is 1. The molecule has 1 aliphatic carbocycles. The number of rotatable bonds is 6. The van der Waals surface area contributed by atoms with E-state index in [0.29, 0.717) is 38.3 Å². The van der Waals surface area contributed by atoms with Gasteiger partial charge in [0.1, 0.15) is 0 Å². The van der Waals surface area contributed by atoms with Crippen LogP contribution in [0.25, 0.3) is 0 Å². The van der Waals surface area contributed by atoms with Gasteiger partial charge < -0.3 is 24.6 Å². The van der Waals surface area contributed by atoms with Crippen molar-refractivity contribution >= 4 is 11.9 Å². The van der Waals surface area contributed by atoms with Gasteiger partial charge in [-0.1, -0.05) is 0 Å². The number of nitrogens with zero attached hydrogens (tertiary/aromatic N) is 3. The lowest BCUT2D eigenvalue weighted by Gasteiger charge is -2.49. The molecule has 3 atom stereocenters.